The number of carbonyl (C=O) groups is 4. The number of nitrogens with one attached hydrogen (secondary N) is 1. The maximum Gasteiger partial charge on any atom is 0.408 e. The molecule has 3 aromatic rings. The molecule has 0 unspecified atom stereocenters. The molecule has 0 spiro atoms. The molecule has 0 aliphatic carbocycles. The third-order valence-corrected chi connectivity index (χ3v) is 9.21. The Morgan fingerprint density at radius 3 is 2.26 bits per heavy atom. The van der Waals surface area contributed by atoms with Crippen LogP contribution in [0.15, 0.2) is 108 Å². The standard InChI is InChI=1S/C36H36N4O6S/c1-36(2,3)46-35(44)38-28-32(42)40-29(34(43)45-30(24-10-6-4-7-11-24)25-12-8-5-9-13-25)27(22-47-33(28)40)20-26-16-19-39(31(26)41)21-23-14-17-37-18-15-23/h4-15,17-18,20,22,28-30,33H,16,19,21H2,1-3H3,(H,38,44)/t28-,29-,33-/m1/s1. The Bertz CT molecular complexity index is 1670. The number of amides is 3. The fraction of sp³-hybridized carbons (Fsp3) is 0.306. The number of benzene rings is 2. The van der Waals surface area contributed by atoms with Gasteiger partial charge in [0.1, 0.15) is 17.0 Å². The number of thioether (sulfide) groups is 1. The Morgan fingerprint density at radius 1 is 1.00 bits per heavy atom. The van der Waals surface area contributed by atoms with Crippen LogP contribution >= 0.6 is 11.8 Å². The van der Waals surface area contributed by atoms with Crippen molar-refractivity contribution in [3.63, 3.8) is 0 Å². The molecular weight excluding hydrogens is 616 g/mol. The molecule has 2 aromatic carbocycles. The smallest absolute Gasteiger partial charge is 0.408 e. The Hall–Kier alpha value is -4.90. The average molecular weight is 653 g/mol. The van der Waals surface area contributed by atoms with Crippen LogP contribution in [0.25, 0.3) is 0 Å². The first-order valence-electron chi connectivity index (χ1n) is 15.5. The van der Waals surface area contributed by atoms with Crippen LogP contribution in [-0.4, -0.2) is 68.3 Å². The van der Waals surface area contributed by atoms with Crippen molar-refractivity contribution in [1.29, 1.82) is 0 Å². The summed E-state index contributed by atoms with van der Waals surface area (Å²) in [5.74, 6) is -1.21. The van der Waals surface area contributed by atoms with E-state index in [2.05, 4.69) is 10.3 Å². The summed E-state index contributed by atoms with van der Waals surface area (Å²) < 4.78 is 11.6. The number of likely N-dealkylation sites (tertiary alicyclic amines) is 1. The van der Waals surface area contributed by atoms with Gasteiger partial charge in [-0.2, -0.15) is 0 Å². The molecule has 0 radical (unpaired) electrons. The topological polar surface area (TPSA) is 118 Å². The number of β-lactam (4-membered cyclic amide) rings is 1. The van der Waals surface area contributed by atoms with Gasteiger partial charge in [-0.3, -0.25) is 14.6 Å². The number of alkyl carbamates (subject to hydrolysis) is 1. The maximum absolute atomic E-state index is 14.3. The van der Waals surface area contributed by atoms with E-state index in [0.717, 1.165) is 16.7 Å². The van der Waals surface area contributed by atoms with E-state index in [9.17, 15) is 19.2 Å². The van der Waals surface area contributed by atoms with E-state index < -0.39 is 47.1 Å². The number of hydrogen-bond donors (Lipinski definition) is 1. The van der Waals surface area contributed by atoms with Gasteiger partial charge in [0.2, 0.25) is 11.8 Å². The largest absolute Gasteiger partial charge is 0.451 e. The molecule has 242 valence electrons. The van der Waals surface area contributed by atoms with Gasteiger partial charge in [-0.15, -0.1) is 11.8 Å². The number of pyridine rings is 1. The number of ether oxygens (including phenoxy) is 2. The lowest BCUT2D eigenvalue weighted by atomic mass is 9.95. The summed E-state index contributed by atoms with van der Waals surface area (Å²) in [7, 11) is 0. The van der Waals surface area contributed by atoms with Gasteiger partial charge in [-0.25, -0.2) is 9.59 Å². The Balaban J connectivity index is 1.29. The minimum atomic E-state index is -1.13. The highest BCUT2D eigenvalue weighted by Gasteiger charge is 2.56. The summed E-state index contributed by atoms with van der Waals surface area (Å²) in [6.07, 6.45) is 4.14. The van der Waals surface area contributed by atoms with Crippen LogP contribution in [0.5, 0.6) is 0 Å². The molecule has 3 aliphatic heterocycles. The Labute approximate surface area is 277 Å². The minimum Gasteiger partial charge on any atom is -0.451 e. The van der Waals surface area contributed by atoms with Crippen LogP contribution in [0, 0.1) is 0 Å². The summed E-state index contributed by atoms with van der Waals surface area (Å²) in [4.78, 5) is 61.2. The number of rotatable bonds is 8. The molecular formula is C36H36N4O6S. The molecule has 3 amide bonds. The van der Waals surface area contributed by atoms with Crippen molar-refractivity contribution >= 4 is 35.6 Å². The summed E-state index contributed by atoms with van der Waals surface area (Å²) in [6, 6.07) is 20.5. The third-order valence-electron chi connectivity index (χ3n) is 8.03. The van der Waals surface area contributed by atoms with E-state index in [4.69, 9.17) is 9.47 Å². The van der Waals surface area contributed by atoms with Crippen molar-refractivity contribution in [2.24, 2.45) is 0 Å². The zero-order valence-corrected chi connectivity index (χ0v) is 27.2. The van der Waals surface area contributed by atoms with Gasteiger partial charge in [0.15, 0.2) is 12.1 Å². The van der Waals surface area contributed by atoms with Gasteiger partial charge in [0, 0.05) is 31.1 Å². The lowest BCUT2D eigenvalue weighted by Gasteiger charge is -2.51. The number of nitrogens with zero attached hydrogens (tertiary/aromatic N) is 3. The van der Waals surface area contributed by atoms with Gasteiger partial charge in [-0.05, 0) is 73.1 Å². The Morgan fingerprint density at radius 2 is 1.64 bits per heavy atom. The van der Waals surface area contributed by atoms with E-state index in [1.807, 2.05) is 72.8 Å². The highest BCUT2D eigenvalue weighted by Crippen LogP contribution is 2.42. The number of aromatic nitrogens is 1. The van der Waals surface area contributed by atoms with Gasteiger partial charge in [0.05, 0.1) is 0 Å². The first-order chi connectivity index (χ1) is 22.6. The third kappa shape index (κ3) is 7.10. The van der Waals surface area contributed by atoms with Crippen molar-refractivity contribution in [2.45, 2.75) is 62.9 Å². The molecule has 10 nitrogen and oxygen atoms in total. The molecule has 3 aliphatic rings. The highest BCUT2D eigenvalue weighted by molar-refractivity contribution is 8.03. The van der Waals surface area contributed by atoms with Gasteiger partial charge in [0.25, 0.3) is 0 Å². The second kappa shape index (κ2) is 13.4. The molecule has 2 fully saturated rings. The van der Waals surface area contributed by atoms with E-state index in [-0.39, 0.29) is 5.91 Å². The van der Waals surface area contributed by atoms with E-state index in [0.29, 0.717) is 30.7 Å². The van der Waals surface area contributed by atoms with E-state index >= 15 is 0 Å². The van der Waals surface area contributed by atoms with Crippen molar-refractivity contribution in [1.82, 2.24) is 20.1 Å². The molecule has 0 saturated carbocycles. The maximum atomic E-state index is 14.3. The van der Waals surface area contributed by atoms with Crippen molar-refractivity contribution in [3.8, 4) is 0 Å². The van der Waals surface area contributed by atoms with E-state index in [1.165, 1.54) is 16.7 Å². The van der Waals surface area contributed by atoms with Crippen LogP contribution in [0.4, 0.5) is 4.79 Å². The second-order valence-corrected chi connectivity index (χ2v) is 13.5. The predicted molar refractivity (Wildman–Crippen MR) is 176 cm³/mol. The zero-order chi connectivity index (χ0) is 33.1. The summed E-state index contributed by atoms with van der Waals surface area (Å²) >= 11 is 1.30. The van der Waals surface area contributed by atoms with E-state index in [1.54, 1.807) is 49.5 Å². The highest BCUT2D eigenvalue weighted by atomic mass is 32.2. The molecule has 1 N–H and O–H groups in total. The van der Waals surface area contributed by atoms with Crippen molar-refractivity contribution in [3.05, 3.63) is 125 Å². The number of esters is 1. The number of carbonyl (C=O) groups excluding carboxylic acids is 4. The normalized spacial score (nSPS) is 21.7. The van der Waals surface area contributed by atoms with Crippen LogP contribution in [0.1, 0.15) is 50.0 Å². The van der Waals surface area contributed by atoms with Gasteiger partial charge in [-0.1, -0.05) is 60.7 Å². The van der Waals surface area contributed by atoms with Crippen molar-refractivity contribution in [2.75, 3.05) is 6.54 Å². The molecule has 6 rings (SSSR count). The molecule has 4 heterocycles. The fourth-order valence-electron chi connectivity index (χ4n) is 5.83. The number of hydrogen-bond acceptors (Lipinski definition) is 8. The SMILES string of the molecule is CC(C)(C)OC(=O)N[C@@H]1C(=O)N2[C@@H](C(=O)OC(c3ccccc3)c3ccccc3)C(C=C3CCN(Cc4ccncc4)C3=O)=CS[C@H]12. The molecule has 2 saturated heterocycles. The summed E-state index contributed by atoms with van der Waals surface area (Å²) in [6.45, 7) is 6.19. The monoisotopic (exact) mass is 652 g/mol. The predicted octanol–water partition coefficient (Wildman–Crippen LogP) is 5.13. The Kier molecular flexibility index (Phi) is 9.17. The quantitative estimate of drug-likeness (QED) is 0.202. The first kappa shape index (κ1) is 32.1. The van der Waals surface area contributed by atoms with Crippen LogP contribution in [-0.2, 0) is 30.4 Å². The van der Waals surface area contributed by atoms with Crippen LogP contribution in [0.3, 0.4) is 0 Å². The van der Waals surface area contributed by atoms with Crippen LogP contribution in [0.2, 0.25) is 0 Å². The van der Waals surface area contributed by atoms with Crippen molar-refractivity contribution < 1.29 is 28.7 Å². The second-order valence-electron chi connectivity index (χ2n) is 12.6. The fourth-order valence-corrected chi connectivity index (χ4v) is 7.03. The molecule has 3 atom stereocenters. The summed E-state index contributed by atoms with van der Waals surface area (Å²) in [5, 5.41) is 3.88. The first-order valence-corrected chi connectivity index (χ1v) is 16.4. The molecule has 47 heavy (non-hydrogen) atoms. The minimum absolute atomic E-state index is 0.132. The van der Waals surface area contributed by atoms with Gasteiger partial charge >= 0.3 is 12.1 Å². The lowest BCUT2D eigenvalue weighted by Crippen LogP contribution is -2.74. The lowest BCUT2D eigenvalue weighted by molar-refractivity contribution is -0.164. The average Bonchev–Trinajstić information content (AvgIpc) is 3.40. The molecule has 11 heteroatoms. The van der Waals surface area contributed by atoms with Gasteiger partial charge < -0.3 is 24.6 Å². The number of fused-ring (bicyclic) bond motifs is 1. The van der Waals surface area contributed by atoms with Crippen LogP contribution < -0.4 is 5.32 Å². The summed E-state index contributed by atoms with van der Waals surface area (Å²) in [5.41, 5.74) is 2.79. The molecule has 0 bridgehead atoms. The molecule has 1 aromatic heterocycles. The zero-order valence-electron chi connectivity index (χ0n) is 26.4.